The van der Waals surface area contributed by atoms with Crippen molar-refractivity contribution in [3.63, 3.8) is 0 Å². The van der Waals surface area contributed by atoms with E-state index in [-0.39, 0.29) is 34.9 Å². The Kier molecular flexibility index (Phi) is 5.92. The zero-order chi connectivity index (χ0) is 23.9. The Balaban J connectivity index is 2.05. The Morgan fingerprint density at radius 2 is 1.67 bits per heavy atom. The Morgan fingerprint density at radius 3 is 2.33 bits per heavy atom. The van der Waals surface area contributed by atoms with E-state index in [9.17, 15) is 23.9 Å². The van der Waals surface area contributed by atoms with Crippen LogP contribution >= 0.6 is 0 Å². The molecule has 0 saturated carbocycles. The van der Waals surface area contributed by atoms with Crippen molar-refractivity contribution >= 4 is 16.9 Å². The summed E-state index contributed by atoms with van der Waals surface area (Å²) in [7, 11) is 2.81. The minimum atomic E-state index is -0.645. The summed E-state index contributed by atoms with van der Waals surface area (Å²) in [6.45, 7) is 2.17. The number of benzene rings is 1. The summed E-state index contributed by atoms with van der Waals surface area (Å²) in [4.78, 5) is 43.3. The van der Waals surface area contributed by atoms with Crippen LogP contribution in [0.1, 0.15) is 43.7 Å². The molecule has 1 N–H and O–H groups in total. The minimum Gasteiger partial charge on any atom is -0.494 e. The highest BCUT2D eigenvalue weighted by Crippen LogP contribution is 2.23. The van der Waals surface area contributed by atoms with Crippen LogP contribution in [0.25, 0.3) is 16.9 Å². The van der Waals surface area contributed by atoms with Gasteiger partial charge in [-0.05, 0) is 30.5 Å². The molecule has 0 amide bonds. The lowest BCUT2D eigenvalue weighted by atomic mass is 10.1. The predicted octanol–water partition coefficient (Wildman–Crippen LogP) is 2.06. The van der Waals surface area contributed by atoms with E-state index in [1.807, 2.05) is 0 Å². The molecule has 0 aliphatic heterocycles. The van der Waals surface area contributed by atoms with Gasteiger partial charge >= 0.3 is 5.69 Å². The van der Waals surface area contributed by atoms with E-state index >= 15 is 0 Å². The Morgan fingerprint density at radius 1 is 0.970 bits per heavy atom. The summed E-state index contributed by atoms with van der Waals surface area (Å²) in [6, 6.07) is 5.75. The first-order valence-corrected chi connectivity index (χ1v) is 10.9. The fraction of sp³-hybridized carbons (Fsp3) is 0.391. The Hall–Kier alpha value is -3.69. The van der Waals surface area contributed by atoms with Gasteiger partial charge in [0, 0.05) is 14.1 Å². The topological polar surface area (TPSA) is 104 Å². The van der Waals surface area contributed by atoms with Crippen molar-refractivity contribution in [1.29, 1.82) is 0 Å². The molecule has 4 aromatic rings. The summed E-state index contributed by atoms with van der Waals surface area (Å²) >= 11 is 0. The molecule has 1 aromatic carbocycles. The van der Waals surface area contributed by atoms with Crippen LogP contribution in [0.15, 0.2) is 38.6 Å². The van der Waals surface area contributed by atoms with Crippen LogP contribution in [0.5, 0.6) is 5.88 Å². The van der Waals surface area contributed by atoms with Crippen molar-refractivity contribution in [3.05, 3.63) is 72.4 Å². The van der Waals surface area contributed by atoms with Crippen molar-refractivity contribution in [2.45, 2.75) is 45.6 Å². The number of unbranched alkanes of at least 4 members (excludes halogenated alkanes) is 3. The van der Waals surface area contributed by atoms with Gasteiger partial charge in [0.2, 0.25) is 11.7 Å². The van der Waals surface area contributed by atoms with Crippen molar-refractivity contribution in [2.24, 2.45) is 14.1 Å². The average Bonchev–Trinajstić information content (AvgIpc) is 3.20. The van der Waals surface area contributed by atoms with E-state index in [0.717, 1.165) is 23.8 Å². The second-order valence-electron chi connectivity index (χ2n) is 8.26. The molecular weight excluding hydrogens is 429 g/mol. The summed E-state index contributed by atoms with van der Waals surface area (Å²) in [5.41, 5.74) is -0.879. The maximum absolute atomic E-state index is 13.5. The van der Waals surface area contributed by atoms with Crippen LogP contribution in [0, 0.1) is 5.82 Å². The molecule has 0 saturated heterocycles. The number of rotatable bonds is 7. The van der Waals surface area contributed by atoms with Crippen LogP contribution in [0.3, 0.4) is 0 Å². The number of aromatic hydroxyl groups is 1. The first kappa shape index (κ1) is 22.5. The molecule has 0 spiro atoms. The van der Waals surface area contributed by atoms with Gasteiger partial charge in [-0.1, -0.05) is 38.3 Å². The molecule has 174 valence electrons. The van der Waals surface area contributed by atoms with Gasteiger partial charge in [0.05, 0.1) is 12.1 Å². The van der Waals surface area contributed by atoms with Crippen LogP contribution in [0.2, 0.25) is 0 Å². The van der Waals surface area contributed by atoms with E-state index in [1.54, 1.807) is 12.1 Å². The molecule has 3 aromatic heterocycles. The molecule has 4 rings (SSSR count). The van der Waals surface area contributed by atoms with Gasteiger partial charge in [-0.3, -0.25) is 23.3 Å². The number of halogens is 1. The highest BCUT2D eigenvalue weighted by Gasteiger charge is 2.24. The number of nitrogens with zero attached hydrogens (tertiary/aromatic N) is 5. The minimum absolute atomic E-state index is 0.0257. The zero-order valence-electron chi connectivity index (χ0n) is 18.8. The number of hydrogen-bond donors (Lipinski definition) is 1. The molecule has 0 aliphatic carbocycles. The number of aryl methyl sites for hydroxylation is 1. The first-order valence-electron chi connectivity index (χ1n) is 10.9. The molecule has 0 atom stereocenters. The summed E-state index contributed by atoms with van der Waals surface area (Å²) in [5, 5.41) is 11.1. The number of imidazole rings is 1. The van der Waals surface area contributed by atoms with E-state index in [4.69, 9.17) is 0 Å². The highest BCUT2D eigenvalue weighted by molar-refractivity contribution is 5.75. The first-order chi connectivity index (χ1) is 15.8. The van der Waals surface area contributed by atoms with Gasteiger partial charge in [-0.15, -0.1) is 0 Å². The molecule has 0 radical (unpaired) electrons. The van der Waals surface area contributed by atoms with Gasteiger partial charge in [0.15, 0.2) is 11.2 Å². The molecule has 3 heterocycles. The smallest absolute Gasteiger partial charge is 0.332 e. The molecule has 0 unspecified atom stereocenters. The third kappa shape index (κ3) is 3.75. The molecule has 0 aliphatic rings. The summed E-state index contributed by atoms with van der Waals surface area (Å²) < 4.78 is 18.1. The van der Waals surface area contributed by atoms with E-state index in [0.29, 0.717) is 18.4 Å². The van der Waals surface area contributed by atoms with Crippen molar-refractivity contribution in [1.82, 2.24) is 23.1 Å². The second kappa shape index (κ2) is 8.68. The molecule has 9 nitrogen and oxygen atoms in total. The maximum Gasteiger partial charge on any atom is 0.332 e. The van der Waals surface area contributed by atoms with E-state index in [1.165, 1.54) is 39.8 Å². The van der Waals surface area contributed by atoms with Crippen LogP contribution in [-0.4, -0.2) is 28.2 Å². The SMILES string of the molecule is CCCCCCc1c(O)n(Cc2ccc(F)cc2)c2nc3c(c(=O)n(C)c(=O)n3C)n2c1=O. The van der Waals surface area contributed by atoms with E-state index < -0.39 is 22.6 Å². The van der Waals surface area contributed by atoms with Crippen LogP contribution in [-0.2, 0) is 27.1 Å². The predicted molar refractivity (Wildman–Crippen MR) is 122 cm³/mol. The van der Waals surface area contributed by atoms with Crippen molar-refractivity contribution < 1.29 is 9.50 Å². The molecule has 0 bridgehead atoms. The monoisotopic (exact) mass is 455 g/mol. The zero-order valence-corrected chi connectivity index (χ0v) is 18.8. The van der Waals surface area contributed by atoms with Crippen LogP contribution < -0.4 is 16.8 Å². The molecular formula is C23H26FN5O4. The van der Waals surface area contributed by atoms with Gasteiger partial charge in [-0.25, -0.2) is 13.6 Å². The van der Waals surface area contributed by atoms with E-state index in [2.05, 4.69) is 11.9 Å². The largest absolute Gasteiger partial charge is 0.494 e. The lowest BCUT2D eigenvalue weighted by molar-refractivity contribution is 0.410. The third-order valence-electron chi connectivity index (χ3n) is 6.00. The number of fused-ring (bicyclic) bond motifs is 3. The summed E-state index contributed by atoms with van der Waals surface area (Å²) in [5.74, 6) is -0.604. The molecule has 33 heavy (non-hydrogen) atoms. The Labute approximate surface area is 188 Å². The quantitative estimate of drug-likeness (QED) is 0.430. The van der Waals surface area contributed by atoms with Crippen molar-refractivity contribution in [3.8, 4) is 5.88 Å². The maximum atomic E-state index is 13.5. The second-order valence-corrected chi connectivity index (χ2v) is 8.26. The molecule has 10 heteroatoms. The normalized spacial score (nSPS) is 11.6. The average molecular weight is 455 g/mol. The van der Waals surface area contributed by atoms with Gasteiger partial charge < -0.3 is 5.11 Å². The fourth-order valence-corrected chi connectivity index (χ4v) is 4.11. The van der Waals surface area contributed by atoms with Gasteiger partial charge in [0.25, 0.3) is 11.1 Å². The Bertz CT molecular complexity index is 1530. The standard InChI is InChI=1S/C23H26FN5O4/c1-4-5-6-7-8-16-19(30)28(13-14-9-11-15(24)12-10-14)22-25-18-17(29(22)20(16)31)21(32)27(3)23(33)26(18)2/h9-12,30H,4-8,13H2,1-3H3. The van der Waals surface area contributed by atoms with Crippen LogP contribution in [0.4, 0.5) is 4.39 Å². The lowest BCUT2D eigenvalue weighted by Crippen LogP contribution is -2.38. The van der Waals surface area contributed by atoms with Crippen molar-refractivity contribution in [2.75, 3.05) is 0 Å². The number of hydrogen-bond acceptors (Lipinski definition) is 5. The lowest BCUT2D eigenvalue weighted by Gasteiger charge is -2.15. The number of aromatic nitrogens is 5. The summed E-state index contributed by atoms with van der Waals surface area (Å²) in [6.07, 6.45) is 3.95. The third-order valence-corrected chi connectivity index (χ3v) is 6.00. The highest BCUT2D eigenvalue weighted by atomic mass is 19.1. The van der Waals surface area contributed by atoms with Gasteiger partial charge in [0.1, 0.15) is 5.82 Å². The fourth-order valence-electron chi connectivity index (χ4n) is 4.11. The van der Waals surface area contributed by atoms with Gasteiger partial charge in [-0.2, -0.15) is 4.98 Å². The molecule has 0 fully saturated rings.